The van der Waals surface area contributed by atoms with Gasteiger partial charge in [0, 0.05) is 28.8 Å². The van der Waals surface area contributed by atoms with Crippen LogP contribution in [0.5, 0.6) is 0 Å². The summed E-state index contributed by atoms with van der Waals surface area (Å²) >= 11 is 6.11. The van der Waals surface area contributed by atoms with Crippen LogP contribution in [0.15, 0.2) is 36.9 Å². The SMILES string of the molecule is C=CC[C@H]1CC[C@@H](c2ccc(Cl)cc2)N(C(CN(C)S(=O)C2CC2)C2CC2)C1=O. The van der Waals surface area contributed by atoms with Crippen molar-refractivity contribution < 1.29 is 9.00 Å². The molecule has 6 heteroatoms. The van der Waals surface area contributed by atoms with E-state index in [0.29, 0.717) is 22.7 Å². The van der Waals surface area contributed by atoms with Crippen molar-refractivity contribution in [3.05, 3.63) is 47.5 Å². The number of hydrogen-bond acceptors (Lipinski definition) is 2. The number of nitrogens with zero attached hydrogens (tertiary/aromatic N) is 2. The van der Waals surface area contributed by atoms with Gasteiger partial charge in [-0.05, 0) is 75.6 Å². The van der Waals surface area contributed by atoms with Crippen molar-refractivity contribution in [1.82, 2.24) is 9.21 Å². The van der Waals surface area contributed by atoms with Gasteiger partial charge < -0.3 is 4.90 Å². The molecule has 1 aromatic rings. The number of likely N-dealkylation sites (tertiary alicyclic amines) is 1. The van der Waals surface area contributed by atoms with E-state index in [1.807, 2.05) is 29.6 Å². The molecule has 29 heavy (non-hydrogen) atoms. The molecule has 4 rings (SSSR count). The van der Waals surface area contributed by atoms with Crippen LogP contribution in [0.1, 0.15) is 56.6 Å². The average molecular weight is 435 g/mol. The van der Waals surface area contributed by atoms with Gasteiger partial charge in [0.05, 0.1) is 17.0 Å². The summed E-state index contributed by atoms with van der Waals surface area (Å²) in [5, 5.41) is 1.03. The number of benzene rings is 1. The van der Waals surface area contributed by atoms with Crippen LogP contribution in [0.2, 0.25) is 5.02 Å². The molecule has 3 fully saturated rings. The van der Waals surface area contributed by atoms with Gasteiger partial charge in [-0.25, -0.2) is 8.51 Å². The lowest BCUT2D eigenvalue weighted by Crippen LogP contribution is -2.53. The topological polar surface area (TPSA) is 40.6 Å². The summed E-state index contributed by atoms with van der Waals surface area (Å²) < 4.78 is 14.7. The molecule has 3 aliphatic rings. The average Bonchev–Trinajstić information content (AvgIpc) is 3.61. The number of likely N-dealkylation sites (N-methyl/N-ethyl adjacent to an activating group) is 1. The van der Waals surface area contributed by atoms with Crippen molar-refractivity contribution in [2.75, 3.05) is 13.6 Å². The normalized spacial score (nSPS) is 27.1. The number of amides is 1. The van der Waals surface area contributed by atoms with Gasteiger partial charge in [0.25, 0.3) is 0 Å². The first kappa shape index (κ1) is 21.1. The lowest BCUT2D eigenvalue weighted by atomic mass is 9.84. The van der Waals surface area contributed by atoms with Crippen molar-refractivity contribution >= 4 is 28.5 Å². The van der Waals surface area contributed by atoms with Crippen molar-refractivity contribution in [3.8, 4) is 0 Å². The van der Waals surface area contributed by atoms with Crippen LogP contribution in [0, 0.1) is 11.8 Å². The molecule has 2 unspecified atom stereocenters. The fourth-order valence-electron chi connectivity index (χ4n) is 4.62. The van der Waals surface area contributed by atoms with Crippen molar-refractivity contribution in [2.45, 2.75) is 62.3 Å². The summed E-state index contributed by atoms with van der Waals surface area (Å²) in [7, 11) is 1.02. The molecule has 2 aliphatic carbocycles. The monoisotopic (exact) mass is 434 g/mol. The van der Waals surface area contributed by atoms with Gasteiger partial charge in [0.15, 0.2) is 0 Å². The highest BCUT2D eigenvalue weighted by molar-refractivity contribution is 7.83. The van der Waals surface area contributed by atoms with E-state index in [4.69, 9.17) is 11.6 Å². The van der Waals surface area contributed by atoms with Gasteiger partial charge in [0.1, 0.15) is 0 Å². The fraction of sp³-hybridized carbons (Fsp3) is 0.609. The van der Waals surface area contributed by atoms with Crippen LogP contribution in [-0.4, -0.2) is 44.2 Å². The third-order valence-corrected chi connectivity index (χ3v) is 8.58. The lowest BCUT2D eigenvalue weighted by Gasteiger charge is -2.45. The van der Waals surface area contributed by atoms with Gasteiger partial charge in [0.2, 0.25) is 5.91 Å². The molecule has 158 valence electrons. The molecule has 4 nitrogen and oxygen atoms in total. The van der Waals surface area contributed by atoms with E-state index >= 15 is 0 Å². The molecule has 0 spiro atoms. The first-order valence-corrected chi connectivity index (χ1v) is 12.3. The van der Waals surface area contributed by atoms with Crippen molar-refractivity contribution in [1.29, 1.82) is 0 Å². The minimum Gasteiger partial charge on any atom is -0.331 e. The number of carbonyl (C=O) groups is 1. The minimum absolute atomic E-state index is 0.0107. The molecule has 0 bridgehead atoms. The summed E-state index contributed by atoms with van der Waals surface area (Å²) in [6.45, 7) is 4.54. The maximum atomic E-state index is 13.6. The van der Waals surface area contributed by atoms with Crippen LogP contribution in [0.25, 0.3) is 0 Å². The standard InChI is InChI=1S/C23H31ClN2O2S/c1-3-4-18-9-14-21(16-7-10-19(24)11-8-16)26(23(18)27)22(17-5-6-17)15-25(2)29(28)20-12-13-20/h3,7-8,10-11,17-18,20-22H,1,4-6,9,12-15H2,2H3/t18-,21-,22?,29?/m0/s1. The molecule has 1 amide bonds. The second-order valence-corrected chi connectivity index (χ2v) is 11.1. The lowest BCUT2D eigenvalue weighted by molar-refractivity contribution is -0.146. The Labute approximate surface area is 181 Å². The number of piperidine rings is 1. The molecule has 1 heterocycles. The highest BCUT2D eigenvalue weighted by Gasteiger charge is 2.46. The zero-order valence-corrected chi connectivity index (χ0v) is 18.7. The number of hydrogen-bond donors (Lipinski definition) is 0. The third-order valence-electron chi connectivity index (χ3n) is 6.52. The van der Waals surface area contributed by atoms with Gasteiger partial charge in [-0.15, -0.1) is 6.58 Å². The van der Waals surface area contributed by atoms with Crippen molar-refractivity contribution in [2.24, 2.45) is 11.8 Å². The Kier molecular flexibility index (Phi) is 6.47. The van der Waals surface area contributed by atoms with Gasteiger partial charge in [-0.1, -0.05) is 29.8 Å². The summed E-state index contributed by atoms with van der Waals surface area (Å²) in [6.07, 6.45) is 8.84. The molecular formula is C23H31ClN2O2S. The maximum Gasteiger partial charge on any atom is 0.226 e. The molecule has 0 aromatic heterocycles. The predicted molar refractivity (Wildman–Crippen MR) is 119 cm³/mol. The highest BCUT2D eigenvalue weighted by Crippen LogP contribution is 2.44. The Morgan fingerprint density at radius 3 is 2.48 bits per heavy atom. The number of rotatable bonds is 9. The van der Waals surface area contributed by atoms with Gasteiger partial charge >= 0.3 is 0 Å². The van der Waals surface area contributed by atoms with Crippen molar-refractivity contribution in [3.63, 3.8) is 0 Å². The van der Waals surface area contributed by atoms with E-state index in [0.717, 1.165) is 50.5 Å². The zero-order chi connectivity index (χ0) is 20.5. The second kappa shape index (κ2) is 8.91. The van der Waals surface area contributed by atoms with E-state index in [-0.39, 0.29) is 23.9 Å². The first-order chi connectivity index (χ1) is 14.0. The molecule has 1 aromatic carbocycles. The number of halogens is 1. The first-order valence-electron chi connectivity index (χ1n) is 10.8. The molecule has 1 saturated heterocycles. The Morgan fingerprint density at radius 2 is 1.90 bits per heavy atom. The van der Waals surface area contributed by atoms with E-state index in [2.05, 4.69) is 23.6 Å². The van der Waals surface area contributed by atoms with E-state index in [1.165, 1.54) is 0 Å². The largest absolute Gasteiger partial charge is 0.331 e. The van der Waals surface area contributed by atoms with Crippen LogP contribution in [0.3, 0.4) is 0 Å². The molecule has 4 atom stereocenters. The number of allylic oxidation sites excluding steroid dienone is 1. The quantitative estimate of drug-likeness (QED) is 0.527. The fourth-order valence-corrected chi connectivity index (χ4v) is 6.09. The summed E-state index contributed by atoms with van der Waals surface area (Å²) in [4.78, 5) is 15.7. The van der Waals surface area contributed by atoms with Crippen LogP contribution < -0.4 is 0 Å². The van der Waals surface area contributed by atoms with Crippen LogP contribution >= 0.6 is 11.6 Å². The summed E-state index contributed by atoms with van der Waals surface area (Å²) in [5.74, 6) is 0.755. The second-order valence-electron chi connectivity index (χ2n) is 8.80. The van der Waals surface area contributed by atoms with Gasteiger partial charge in [-0.2, -0.15) is 0 Å². The highest BCUT2D eigenvalue weighted by atomic mass is 35.5. The summed E-state index contributed by atoms with van der Waals surface area (Å²) in [6, 6.07) is 8.11. The molecule has 0 N–H and O–H groups in total. The number of carbonyl (C=O) groups excluding carboxylic acids is 1. The molecule has 0 radical (unpaired) electrons. The Balaban J connectivity index is 1.62. The van der Waals surface area contributed by atoms with E-state index in [1.54, 1.807) is 0 Å². The van der Waals surface area contributed by atoms with E-state index in [9.17, 15) is 9.00 Å². The smallest absolute Gasteiger partial charge is 0.226 e. The van der Waals surface area contributed by atoms with Gasteiger partial charge in [-0.3, -0.25) is 4.79 Å². The third kappa shape index (κ3) is 4.78. The Morgan fingerprint density at radius 1 is 1.21 bits per heavy atom. The minimum atomic E-state index is -0.940. The summed E-state index contributed by atoms with van der Waals surface area (Å²) in [5.41, 5.74) is 1.15. The Bertz CT molecular complexity index is 776. The maximum absolute atomic E-state index is 13.6. The molecular weight excluding hydrogens is 404 g/mol. The van der Waals surface area contributed by atoms with Crippen LogP contribution in [-0.2, 0) is 15.8 Å². The molecule has 2 saturated carbocycles. The van der Waals surface area contributed by atoms with Crippen LogP contribution in [0.4, 0.5) is 0 Å². The molecule has 1 aliphatic heterocycles. The zero-order valence-electron chi connectivity index (χ0n) is 17.1. The Hall–Kier alpha value is -1.17. The van der Waals surface area contributed by atoms with E-state index < -0.39 is 11.0 Å². The predicted octanol–water partition coefficient (Wildman–Crippen LogP) is 4.73.